The molecule has 0 aromatic heterocycles. The first-order valence-corrected chi connectivity index (χ1v) is 7.74. The van der Waals surface area contributed by atoms with Crippen LogP contribution in [-0.4, -0.2) is 11.9 Å². The molecule has 0 spiro atoms. The summed E-state index contributed by atoms with van der Waals surface area (Å²) in [6.07, 6.45) is 4.77. The average molecular weight is 276 g/mol. The van der Waals surface area contributed by atoms with E-state index in [2.05, 4.69) is 30.5 Å². The first kappa shape index (κ1) is 16.5. The molecule has 0 saturated carbocycles. The van der Waals surface area contributed by atoms with Crippen molar-refractivity contribution in [2.75, 3.05) is 10.6 Å². The van der Waals surface area contributed by atoms with Gasteiger partial charge in [0, 0.05) is 23.3 Å². The van der Waals surface area contributed by atoms with Gasteiger partial charge in [-0.05, 0) is 31.0 Å². The van der Waals surface area contributed by atoms with Crippen LogP contribution in [0.2, 0.25) is 0 Å². The molecule has 1 amide bonds. The Bertz CT molecular complexity index is 415. The molecular formula is C17H28N2O. The zero-order valence-corrected chi connectivity index (χ0v) is 13.2. The van der Waals surface area contributed by atoms with Gasteiger partial charge in [0.25, 0.3) is 0 Å². The van der Waals surface area contributed by atoms with Gasteiger partial charge in [-0.25, -0.2) is 0 Å². The second-order valence-corrected chi connectivity index (χ2v) is 5.62. The zero-order valence-electron chi connectivity index (χ0n) is 13.2. The molecule has 0 aliphatic heterocycles. The van der Waals surface area contributed by atoms with Crippen LogP contribution in [0.3, 0.4) is 0 Å². The minimum Gasteiger partial charge on any atom is -0.382 e. The summed E-state index contributed by atoms with van der Waals surface area (Å²) in [6, 6.07) is 8.48. The summed E-state index contributed by atoms with van der Waals surface area (Å²) in [7, 11) is 0. The molecule has 1 aromatic rings. The second-order valence-electron chi connectivity index (χ2n) is 5.62. The van der Waals surface area contributed by atoms with Crippen LogP contribution in [0.4, 0.5) is 11.4 Å². The standard InChI is InChI=1S/C17H28N2O/c1-5-7-9-14(6-2)18-15-10-8-11-16(12-15)19-17(20)13(3)4/h8,10-14,18H,5-7,9H2,1-4H3,(H,19,20). The van der Waals surface area contributed by atoms with E-state index in [4.69, 9.17) is 0 Å². The van der Waals surface area contributed by atoms with Gasteiger partial charge in [-0.3, -0.25) is 4.79 Å². The first-order valence-electron chi connectivity index (χ1n) is 7.74. The van der Waals surface area contributed by atoms with Crippen molar-refractivity contribution in [2.45, 2.75) is 59.4 Å². The van der Waals surface area contributed by atoms with E-state index >= 15 is 0 Å². The molecule has 0 aliphatic carbocycles. The predicted molar refractivity (Wildman–Crippen MR) is 87.1 cm³/mol. The monoisotopic (exact) mass is 276 g/mol. The van der Waals surface area contributed by atoms with Crippen LogP contribution in [0.1, 0.15) is 53.4 Å². The van der Waals surface area contributed by atoms with Gasteiger partial charge in [-0.1, -0.05) is 46.6 Å². The number of amides is 1. The fourth-order valence-corrected chi connectivity index (χ4v) is 2.04. The topological polar surface area (TPSA) is 41.1 Å². The summed E-state index contributed by atoms with van der Waals surface area (Å²) < 4.78 is 0. The molecule has 1 unspecified atom stereocenters. The Kier molecular flexibility index (Phi) is 7.13. The lowest BCUT2D eigenvalue weighted by Crippen LogP contribution is -2.19. The Morgan fingerprint density at radius 2 is 1.90 bits per heavy atom. The van der Waals surface area contributed by atoms with E-state index < -0.39 is 0 Å². The molecule has 1 rings (SSSR count). The van der Waals surface area contributed by atoms with Crippen molar-refractivity contribution in [3.05, 3.63) is 24.3 Å². The maximum atomic E-state index is 11.7. The summed E-state index contributed by atoms with van der Waals surface area (Å²) in [4.78, 5) is 11.7. The molecule has 1 atom stereocenters. The Labute approximate surface area is 123 Å². The maximum Gasteiger partial charge on any atom is 0.226 e. The van der Waals surface area contributed by atoms with Gasteiger partial charge in [0.05, 0.1) is 0 Å². The van der Waals surface area contributed by atoms with Gasteiger partial charge in [0.1, 0.15) is 0 Å². The van der Waals surface area contributed by atoms with Crippen molar-refractivity contribution in [1.82, 2.24) is 0 Å². The van der Waals surface area contributed by atoms with Crippen molar-refractivity contribution < 1.29 is 4.79 Å². The number of unbranched alkanes of at least 4 members (excludes halogenated alkanes) is 1. The minimum atomic E-state index is -0.000408. The third-order valence-electron chi connectivity index (χ3n) is 3.42. The Morgan fingerprint density at radius 1 is 1.20 bits per heavy atom. The quantitative estimate of drug-likeness (QED) is 0.725. The van der Waals surface area contributed by atoms with E-state index in [1.54, 1.807) is 0 Å². The first-order chi connectivity index (χ1) is 9.56. The summed E-state index contributed by atoms with van der Waals surface area (Å²) in [5.74, 6) is 0.0553. The van der Waals surface area contributed by atoms with Crippen molar-refractivity contribution in [2.24, 2.45) is 5.92 Å². The highest BCUT2D eigenvalue weighted by Gasteiger charge is 2.09. The van der Waals surface area contributed by atoms with E-state index in [0.29, 0.717) is 6.04 Å². The highest BCUT2D eigenvalue weighted by atomic mass is 16.1. The van der Waals surface area contributed by atoms with Crippen LogP contribution in [0.5, 0.6) is 0 Å². The van der Waals surface area contributed by atoms with Crippen molar-refractivity contribution in [3.63, 3.8) is 0 Å². The highest BCUT2D eigenvalue weighted by molar-refractivity contribution is 5.92. The summed E-state index contributed by atoms with van der Waals surface area (Å²) in [5, 5.41) is 6.49. The lowest BCUT2D eigenvalue weighted by atomic mass is 10.1. The van der Waals surface area contributed by atoms with Crippen LogP contribution in [0, 0.1) is 5.92 Å². The molecule has 3 heteroatoms. The van der Waals surface area contributed by atoms with Gasteiger partial charge in [0.2, 0.25) is 5.91 Å². The van der Waals surface area contributed by atoms with Crippen LogP contribution in [0.25, 0.3) is 0 Å². The molecule has 0 saturated heterocycles. The predicted octanol–water partition coefficient (Wildman–Crippen LogP) is 4.66. The Hall–Kier alpha value is -1.51. The van der Waals surface area contributed by atoms with Gasteiger partial charge in [0.15, 0.2) is 0 Å². The molecular weight excluding hydrogens is 248 g/mol. The molecule has 0 aliphatic rings. The van der Waals surface area contributed by atoms with Gasteiger partial charge in [-0.15, -0.1) is 0 Å². The average Bonchev–Trinajstić information content (AvgIpc) is 2.43. The molecule has 0 bridgehead atoms. The van der Waals surface area contributed by atoms with E-state index in [0.717, 1.165) is 17.8 Å². The number of nitrogens with one attached hydrogen (secondary N) is 2. The van der Waals surface area contributed by atoms with Crippen LogP contribution in [0.15, 0.2) is 24.3 Å². The highest BCUT2D eigenvalue weighted by Crippen LogP contribution is 2.19. The zero-order chi connectivity index (χ0) is 15.0. The van der Waals surface area contributed by atoms with Gasteiger partial charge >= 0.3 is 0 Å². The van der Waals surface area contributed by atoms with Gasteiger partial charge < -0.3 is 10.6 Å². The fourth-order valence-electron chi connectivity index (χ4n) is 2.04. The number of benzene rings is 1. The number of hydrogen-bond donors (Lipinski definition) is 2. The molecule has 20 heavy (non-hydrogen) atoms. The normalized spacial score (nSPS) is 12.2. The molecule has 0 heterocycles. The van der Waals surface area contributed by atoms with Crippen molar-refractivity contribution >= 4 is 17.3 Å². The van der Waals surface area contributed by atoms with E-state index in [9.17, 15) is 4.79 Å². The molecule has 112 valence electrons. The van der Waals surface area contributed by atoms with Crippen molar-refractivity contribution in [3.8, 4) is 0 Å². The van der Waals surface area contributed by atoms with Gasteiger partial charge in [-0.2, -0.15) is 0 Å². The number of anilines is 2. The number of carbonyl (C=O) groups is 1. The minimum absolute atomic E-state index is 0.000408. The largest absolute Gasteiger partial charge is 0.382 e. The fraction of sp³-hybridized carbons (Fsp3) is 0.588. The van der Waals surface area contributed by atoms with E-state index in [1.165, 1.54) is 19.3 Å². The summed E-state index contributed by atoms with van der Waals surface area (Å²) in [6.45, 7) is 8.22. The summed E-state index contributed by atoms with van der Waals surface area (Å²) in [5.41, 5.74) is 1.94. The third kappa shape index (κ3) is 5.64. The van der Waals surface area contributed by atoms with Crippen LogP contribution >= 0.6 is 0 Å². The number of carbonyl (C=O) groups excluding carboxylic acids is 1. The summed E-state index contributed by atoms with van der Waals surface area (Å²) >= 11 is 0. The SMILES string of the molecule is CCCCC(CC)Nc1cccc(NC(=O)C(C)C)c1. The molecule has 0 radical (unpaired) electrons. The number of rotatable bonds is 8. The molecule has 3 nitrogen and oxygen atoms in total. The maximum absolute atomic E-state index is 11.7. The number of hydrogen-bond acceptors (Lipinski definition) is 2. The van der Waals surface area contributed by atoms with Crippen molar-refractivity contribution in [1.29, 1.82) is 0 Å². The van der Waals surface area contributed by atoms with Crippen LogP contribution < -0.4 is 10.6 Å². The van der Waals surface area contributed by atoms with E-state index in [1.807, 2.05) is 32.0 Å². The second kappa shape index (κ2) is 8.62. The van der Waals surface area contributed by atoms with E-state index in [-0.39, 0.29) is 11.8 Å². The van der Waals surface area contributed by atoms with Crippen LogP contribution in [-0.2, 0) is 4.79 Å². The Morgan fingerprint density at radius 3 is 2.50 bits per heavy atom. The lowest BCUT2D eigenvalue weighted by Gasteiger charge is -2.18. The lowest BCUT2D eigenvalue weighted by molar-refractivity contribution is -0.118. The molecule has 1 aromatic carbocycles. The third-order valence-corrected chi connectivity index (χ3v) is 3.42. The smallest absolute Gasteiger partial charge is 0.226 e. The molecule has 2 N–H and O–H groups in total. The Balaban J connectivity index is 2.64. The molecule has 0 fully saturated rings.